The molecule has 0 atom stereocenters. The highest BCUT2D eigenvalue weighted by Crippen LogP contribution is 2.13. The van der Waals surface area contributed by atoms with Crippen molar-refractivity contribution in [1.29, 1.82) is 0 Å². The summed E-state index contributed by atoms with van der Waals surface area (Å²) in [5.74, 6) is 0.608. The van der Waals surface area contributed by atoms with Crippen LogP contribution in [0, 0.1) is 19.8 Å². The van der Waals surface area contributed by atoms with E-state index in [1.54, 1.807) is 0 Å². The van der Waals surface area contributed by atoms with Gasteiger partial charge in [-0.15, -0.1) is 0 Å². The Balaban J connectivity index is 2.45. The van der Waals surface area contributed by atoms with Crippen LogP contribution >= 0.6 is 0 Å². The number of aryl methyl sites for hydroxylation is 2. The predicted molar refractivity (Wildman–Crippen MR) is 72.4 cm³/mol. The average Bonchev–Trinajstić information content (AvgIpc) is 2.14. The topological polar surface area (TPSA) is 41.1 Å². The lowest BCUT2D eigenvalue weighted by atomic mass is 10.1. The first-order chi connectivity index (χ1) is 7.97. The van der Waals surface area contributed by atoms with E-state index in [2.05, 4.69) is 30.5 Å². The molecule has 94 valence electrons. The number of carbonyl (C=O) groups is 1. The normalized spacial score (nSPS) is 10.4. The van der Waals surface area contributed by atoms with Crippen molar-refractivity contribution in [1.82, 2.24) is 5.32 Å². The van der Waals surface area contributed by atoms with Crippen molar-refractivity contribution < 1.29 is 4.79 Å². The molecule has 0 aliphatic carbocycles. The van der Waals surface area contributed by atoms with Crippen LogP contribution in [0.4, 0.5) is 10.5 Å². The lowest BCUT2D eigenvalue weighted by Crippen LogP contribution is -2.30. The largest absolute Gasteiger partial charge is 0.338 e. The first-order valence-electron chi connectivity index (χ1n) is 6.10. The first-order valence-corrected chi connectivity index (χ1v) is 6.10. The molecule has 17 heavy (non-hydrogen) atoms. The van der Waals surface area contributed by atoms with Gasteiger partial charge in [-0.05, 0) is 49.4 Å². The fraction of sp³-hybridized carbons (Fsp3) is 0.500. The molecule has 3 heteroatoms. The average molecular weight is 234 g/mol. The van der Waals surface area contributed by atoms with Crippen LogP contribution in [0.2, 0.25) is 0 Å². The second kappa shape index (κ2) is 6.28. The molecule has 0 heterocycles. The maximum Gasteiger partial charge on any atom is 0.319 e. The lowest BCUT2D eigenvalue weighted by molar-refractivity contribution is 0.251. The Morgan fingerprint density at radius 2 is 1.76 bits per heavy atom. The number of carbonyl (C=O) groups excluding carboxylic acids is 1. The van der Waals surface area contributed by atoms with Crippen molar-refractivity contribution in [3.05, 3.63) is 29.3 Å². The zero-order valence-electron chi connectivity index (χ0n) is 11.1. The molecule has 2 amide bonds. The maximum absolute atomic E-state index is 11.6. The molecule has 0 unspecified atom stereocenters. The smallest absolute Gasteiger partial charge is 0.319 e. The molecule has 0 bridgehead atoms. The second-order valence-electron chi connectivity index (χ2n) is 4.94. The number of hydrogen-bond donors (Lipinski definition) is 2. The van der Waals surface area contributed by atoms with Crippen molar-refractivity contribution in [3.8, 4) is 0 Å². The highest BCUT2D eigenvalue weighted by Gasteiger charge is 2.02. The minimum absolute atomic E-state index is 0.129. The van der Waals surface area contributed by atoms with Crippen LogP contribution in [0.5, 0.6) is 0 Å². The van der Waals surface area contributed by atoms with E-state index in [-0.39, 0.29) is 6.03 Å². The predicted octanol–water partition coefficient (Wildman–Crippen LogP) is 3.47. The number of amides is 2. The van der Waals surface area contributed by atoms with E-state index in [4.69, 9.17) is 0 Å². The van der Waals surface area contributed by atoms with Gasteiger partial charge >= 0.3 is 6.03 Å². The van der Waals surface area contributed by atoms with Crippen LogP contribution in [0.15, 0.2) is 18.2 Å². The molecule has 0 saturated heterocycles. The summed E-state index contributed by atoms with van der Waals surface area (Å²) in [6.45, 7) is 9.05. The summed E-state index contributed by atoms with van der Waals surface area (Å²) in [4.78, 5) is 11.6. The number of anilines is 1. The van der Waals surface area contributed by atoms with E-state index in [0.717, 1.165) is 23.2 Å². The molecule has 3 nitrogen and oxygen atoms in total. The minimum Gasteiger partial charge on any atom is -0.338 e. The van der Waals surface area contributed by atoms with Gasteiger partial charge in [0, 0.05) is 12.2 Å². The van der Waals surface area contributed by atoms with Gasteiger partial charge in [0.15, 0.2) is 0 Å². The Bertz CT molecular complexity index is 366. The molecule has 0 fully saturated rings. The van der Waals surface area contributed by atoms with Crippen LogP contribution < -0.4 is 10.6 Å². The van der Waals surface area contributed by atoms with E-state index in [0.29, 0.717) is 12.5 Å². The number of benzene rings is 1. The van der Waals surface area contributed by atoms with Crippen molar-refractivity contribution in [2.75, 3.05) is 11.9 Å². The van der Waals surface area contributed by atoms with Gasteiger partial charge in [-0.25, -0.2) is 4.79 Å². The van der Waals surface area contributed by atoms with Gasteiger partial charge in [0.2, 0.25) is 0 Å². The molecule has 0 aliphatic heterocycles. The Kier molecular flexibility index (Phi) is 5.01. The molecule has 0 spiro atoms. The fourth-order valence-electron chi connectivity index (χ4n) is 1.70. The van der Waals surface area contributed by atoms with E-state index in [1.807, 2.05) is 26.0 Å². The first kappa shape index (κ1) is 13.6. The summed E-state index contributed by atoms with van der Waals surface area (Å²) >= 11 is 0. The summed E-state index contributed by atoms with van der Waals surface area (Å²) in [5, 5.41) is 5.70. The molecule has 0 saturated carbocycles. The van der Waals surface area contributed by atoms with Gasteiger partial charge < -0.3 is 10.6 Å². The highest BCUT2D eigenvalue weighted by molar-refractivity contribution is 5.89. The number of rotatable bonds is 4. The van der Waals surface area contributed by atoms with Gasteiger partial charge in [0.25, 0.3) is 0 Å². The van der Waals surface area contributed by atoms with Crippen LogP contribution in [0.3, 0.4) is 0 Å². The van der Waals surface area contributed by atoms with Crippen molar-refractivity contribution in [2.45, 2.75) is 34.1 Å². The molecule has 0 aliphatic rings. The summed E-state index contributed by atoms with van der Waals surface area (Å²) in [6.07, 6.45) is 1.00. The van der Waals surface area contributed by atoms with Crippen LogP contribution in [0.25, 0.3) is 0 Å². The zero-order valence-corrected chi connectivity index (χ0v) is 11.1. The Morgan fingerprint density at radius 3 is 2.29 bits per heavy atom. The molecule has 2 N–H and O–H groups in total. The zero-order chi connectivity index (χ0) is 12.8. The van der Waals surface area contributed by atoms with Gasteiger partial charge in [-0.1, -0.05) is 19.9 Å². The van der Waals surface area contributed by atoms with Crippen LogP contribution in [0.1, 0.15) is 31.4 Å². The monoisotopic (exact) mass is 234 g/mol. The SMILES string of the molecule is Cc1cc(C)cc(NC(=O)NCCC(C)C)c1. The highest BCUT2D eigenvalue weighted by atomic mass is 16.2. The summed E-state index contributed by atoms with van der Waals surface area (Å²) in [5.41, 5.74) is 3.16. The van der Waals surface area contributed by atoms with Gasteiger partial charge in [0.05, 0.1) is 0 Å². The molecular weight excluding hydrogens is 212 g/mol. The third-order valence-corrected chi connectivity index (χ3v) is 2.49. The third-order valence-electron chi connectivity index (χ3n) is 2.49. The lowest BCUT2D eigenvalue weighted by Gasteiger charge is -2.10. The van der Waals surface area contributed by atoms with E-state index in [1.165, 1.54) is 0 Å². The molecule has 1 rings (SSSR count). The number of urea groups is 1. The quantitative estimate of drug-likeness (QED) is 0.823. The molecule has 1 aromatic rings. The Morgan fingerprint density at radius 1 is 1.18 bits per heavy atom. The Labute approximate surface area is 104 Å². The standard InChI is InChI=1S/C14H22N2O/c1-10(2)5-6-15-14(17)16-13-8-11(3)7-12(4)9-13/h7-10H,5-6H2,1-4H3,(H2,15,16,17). The molecule has 1 aromatic carbocycles. The van der Waals surface area contributed by atoms with Crippen LogP contribution in [-0.2, 0) is 0 Å². The maximum atomic E-state index is 11.6. The van der Waals surface area contributed by atoms with Crippen molar-refractivity contribution in [2.24, 2.45) is 5.92 Å². The van der Waals surface area contributed by atoms with Crippen molar-refractivity contribution >= 4 is 11.7 Å². The summed E-state index contributed by atoms with van der Waals surface area (Å²) in [6, 6.07) is 5.89. The van der Waals surface area contributed by atoms with Gasteiger partial charge in [-0.3, -0.25) is 0 Å². The van der Waals surface area contributed by atoms with E-state index < -0.39 is 0 Å². The molecule has 0 radical (unpaired) electrons. The third kappa shape index (κ3) is 5.38. The fourth-order valence-corrected chi connectivity index (χ4v) is 1.70. The summed E-state index contributed by atoms with van der Waals surface area (Å²) in [7, 11) is 0. The molecule has 0 aromatic heterocycles. The van der Waals surface area contributed by atoms with Gasteiger partial charge in [0.1, 0.15) is 0 Å². The second-order valence-corrected chi connectivity index (χ2v) is 4.94. The Hall–Kier alpha value is -1.51. The van der Waals surface area contributed by atoms with E-state index in [9.17, 15) is 4.79 Å². The van der Waals surface area contributed by atoms with E-state index >= 15 is 0 Å². The summed E-state index contributed by atoms with van der Waals surface area (Å²) < 4.78 is 0. The number of nitrogens with one attached hydrogen (secondary N) is 2. The van der Waals surface area contributed by atoms with Crippen LogP contribution in [-0.4, -0.2) is 12.6 Å². The minimum atomic E-state index is -0.129. The van der Waals surface area contributed by atoms with Crippen molar-refractivity contribution in [3.63, 3.8) is 0 Å². The molecular formula is C14H22N2O. The number of hydrogen-bond acceptors (Lipinski definition) is 1. The van der Waals surface area contributed by atoms with Gasteiger partial charge in [-0.2, -0.15) is 0 Å².